The van der Waals surface area contributed by atoms with Gasteiger partial charge in [-0.05, 0) is 81.5 Å². The second kappa shape index (κ2) is 6.07. The first-order valence-corrected chi connectivity index (χ1v) is 8.82. The Balaban J connectivity index is 2.36. The zero-order chi connectivity index (χ0) is 19.3. The van der Waals surface area contributed by atoms with Crippen LogP contribution in [0.3, 0.4) is 0 Å². The summed E-state index contributed by atoms with van der Waals surface area (Å²) in [6, 6.07) is 8.12. The summed E-state index contributed by atoms with van der Waals surface area (Å²) < 4.78 is 0. The van der Waals surface area contributed by atoms with Gasteiger partial charge in [-0.1, -0.05) is 0 Å². The van der Waals surface area contributed by atoms with Crippen LogP contribution in [0.4, 0.5) is 17.1 Å². The number of fused-ring (bicyclic) bond motifs is 1. The predicted molar refractivity (Wildman–Crippen MR) is 106 cm³/mol. The van der Waals surface area contributed by atoms with Crippen molar-refractivity contribution in [3.8, 4) is 12.1 Å². The van der Waals surface area contributed by atoms with E-state index >= 15 is 0 Å². The molecule has 132 valence electrons. The summed E-state index contributed by atoms with van der Waals surface area (Å²) in [5.41, 5.74) is 10.4. The van der Waals surface area contributed by atoms with Crippen LogP contribution in [0, 0.1) is 57.3 Å². The van der Waals surface area contributed by atoms with Gasteiger partial charge >= 0.3 is 0 Å². The lowest BCUT2D eigenvalue weighted by Gasteiger charge is -2.32. The highest BCUT2D eigenvalue weighted by Gasteiger charge is 2.36. The topological polar surface area (TPSA) is 54.1 Å². The molecule has 1 aliphatic heterocycles. The first kappa shape index (κ1) is 17.8. The van der Waals surface area contributed by atoms with Crippen LogP contribution < -0.4 is 9.80 Å². The Hall–Kier alpha value is -2.98. The molecule has 26 heavy (non-hydrogen) atoms. The van der Waals surface area contributed by atoms with Gasteiger partial charge in [-0.2, -0.15) is 10.5 Å². The van der Waals surface area contributed by atoms with Crippen molar-refractivity contribution in [1.82, 2.24) is 0 Å². The predicted octanol–water partition coefficient (Wildman–Crippen LogP) is 4.91. The van der Waals surface area contributed by atoms with Crippen molar-refractivity contribution in [2.45, 2.75) is 47.7 Å². The molecule has 1 unspecified atom stereocenters. The second-order valence-electron chi connectivity index (χ2n) is 7.17. The summed E-state index contributed by atoms with van der Waals surface area (Å²) in [7, 11) is 1.99. The molecule has 0 N–H and O–H groups in total. The Morgan fingerprint density at radius 3 is 1.85 bits per heavy atom. The number of nitrogens with zero attached hydrogens (tertiary/aromatic N) is 4. The molecule has 3 rings (SSSR count). The Morgan fingerprint density at radius 1 is 0.808 bits per heavy atom. The van der Waals surface area contributed by atoms with E-state index in [1.807, 2.05) is 13.1 Å². The molecule has 0 spiro atoms. The number of benzene rings is 2. The largest absolute Gasteiger partial charge is 0.351 e. The van der Waals surface area contributed by atoms with Gasteiger partial charge in [0.15, 0.2) is 0 Å². The molecule has 0 bridgehead atoms. The van der Waals surface area contributed by atoms with Crippen molar-refractivity contribution in [3.63, 3.8) is 0 Å². The van der Waals surface area contributed by atoms with E-state index in [-0.39, 0.29) is 6.17 Å². The van der Waals surface area contributed by atoms with E-state index in [4.69, 9.17) is 0 Å². The molecular weight excluding hydrogens is 320 g/mol. The van der Waals surface area contributed by atoms with E-state index in [2.05, 4.69) is 63.5 Å². The molecule has 1 heterocycles. The van der Waals surface area contributed by atoms with Gasteiger partial charge in [-0.3, -0.25) is 0 Å². The first-order valence-electron chi connectivity index (χ1n) is 8.82. The van der Waals surface area contributed by atoms with Gasteiger partial charge in [-0.15, -0.1) is 0 Å². The molecule has 0 radical (unpaired) electrons. The zero-order valence-corrected chi connectivity index (χ0v) is 16.5. The lowest BCUT2D eigenvalue weighted by atomic mass is 9.92. The van der Waals surface area contributed by atoms with Crippen LogP contribution in [0.25, 0.3) is 0 Å². The number of hydrogen-bond acceptors (Lipinski definition) is 4. The minimum absolute atomic E-state index is 0.0601. The van der Waals surface area contributed by atoms with E-state index in [0.717, 1.165) is 11.4 Å². The first-order chi connectivity index (χ1) is 12.3. The van der Waals surface area contributed by atoms with Crippen molar-refractivity contribution < 1.29 is 0 Å². The van der Waals surface area contributed by atoms with Gasteiger partial charge in [0.25, 0.3) is 0 Å². The van der Waals surface area contributed by atoms with Crippen LogP contribution in [0.5, 0.6) is 0 Å². The Morgan fingerprint density at radius 2 is 1.35 bits per heavy atom. The highest BCUT2D eigenvalue weighted by atomic mass is 15.4. The van der Waals surface area contributed by atoms with Crippen LogP contribution in [0.15, 0.2) is 12.1 Å². The van der Waals surface area contributed by atoms with Gasteiger partial charge in [-0.25, -0.2) is 0 Å². The van der Waals surface area contributed by atoms with Gasteiger partial charge in [0.1, 0.15) is 18.3 Å². The van der Waals surface area contributed by atoms with Crippen LogP contribution in [0.2, 0.25) is 0 Å². The van der Waals surface area contributed by atoms with Crippen molar-refractivity contribution in [2.75, 3.05) is 16.8 Å². The second-order valence-corrected chi connectivity index (χ2v) is 7.17. The number of hydrogen-bond donors (Lipinski definition) is 0. The van der Waals surface area contributed by atoms with Crippen molar-refractivity contribution >= 4 is 17.1 Å². The monoisotopic (exact) mass is 344 g/mol. The van der Waals surface area contributed by atoms with Crippen LogP contribution in [0.1, 0.15) is 45.9 Å². The highest BCUT2D eigenvalue weighted by Crippen LogP contribution is 2.48. The normalized spacial score (nSPS) is 15.7. The van der Waals surface area contributed by atoms with E-state index in [0.29, 0.717) is 11.1 Å². The SMILES string of the molecule is Cc1c(C)c(C)c(N2c3ccc(C#N)c(C#N)c3N(C)C2C)c(C)c1C. The molecular formula is C22H24N4. The molecule has 4 heteroatoms. The average Bonchev–Trinajstić information content (AvgIpc) is 2.89. The fourth-order valence-electron chi connectivity index (χ4n) is 4.05. The quantitative estimate of drug-likeness (QED) is 0.738. The third-order valence-electron chi connectivity index (χ3n) is 6.14. The van der Waals surface area contributed by atoms with Gasteiger partial charge in [0.05, 0.1) is 22.5 Å². The van der Waals surface area contributed by atoms with Gasteiger partial charge in [0, 0.05) is 12.7 Å². The van der Waals surface area contributed by atoms with Crippen LogP contribution in [-0.2, 0) is 0 Å². The summed E-state index contributed by atoms with van der Waals surface area (Å²) in [6.45, 7) is 13.0. The summed E-state index contributed by atoms with van der Waals surface area (Å²) in [5.74, 6) is 0. The smallest absolute Gasteiger partial charge is 0.103 e. The van der Waals surface area contributed by atoms with E-state index < -0.39 is 0 Å². The molecule has 1 atom stereocenters. The van der Waals surface area contributed by atoms with Crippen LogP contribution >= 0.6 is 0 Å². The summed E-state index contributed by atoms with van der Waals surface area (Å²) >= 11 is 0. The summed E-state index contributed by atoms with van der Waals surface area (Å²) in [4.78, 5) is 4.40. The average molecular weight is 344 g/mol. The molecule has 0 amide bonds. The Bertz CT molecular complexity index is 976. The summed E-state index contributed by atoms with van der Waals surface area (Å²) in [6.07, 6.45) is 0.0601. The van der Waals surface area contributed by atoms with E-state index in [1.165, 1.54) is 33.5 Å². The molecule has 1 aliphatic rings. The summed E-state index contributed by atoms with van der Waals surface area (Å²) in [5, 5.41) is 19.0. The third-order valence-corrected chi connectivity index (χ3v) is 6.14. The van der Waals surface area contributed by atoms with Crippen molar-refractivity contribution in [2.24, 2.45) is 0 Å². The van der Waals surface area contributed by atoms with E-state index in [1.54, 1.807) is 6.07 Å². The molecule has 2 aromatic carbocycles. The lowest BCUT2D eigenvalue weighted by Crippen LogP contribution is -2.36. The molecule has 0 fully saturated rings. The fourth-order valence-corrected chi connectivity index (χ4v) is 4.05. The van der Waals surface area contributed by atoms with Crippen molar-refractivity contribution in [1.29, 1.82) is 10.5 Å². The maximum absolute atomic E-state index is 9.66. The Labute approximate surface area is 155 Å². The van der Waals surface area contributed by atoms with Crippen molar-refractivity contribution in [3.05, 3.63) is 51.1 Å². The molecule has 0 saturated heterocycles. The standard InChI is InChI=1S/C22H24N4/c1-12-13(2)15(4)21(16(5)14(12)3)26-17(6)25(7)22-19(11-24)18(10-23)8-9-20(22)26/h8-9,17H,1-7H3. The van der Waals surface area contributed by atoms with Gasteiger partial charge in [0.2, 0.25) is 0 Å². The van der Waals surface area contributed by atoms with Gasteiger partial charge < -0.3 is 9.80 Å². The zero-order valence-electron chi connectivity index (χ0n) is 16.5. The Kier molecular flexibility index (Phi) is 4.17. The molecule has 4 nitrogen and oxygen atoms in total. The third kappa shape index (κ3) is 2.19. The van der Waals surface area contributed by atoms with Crippen LogP contribution in [-0.4, -0.2) is 13.2 Å². The molecule has 0 aliphatic carbocycles. The fraction of sp³-hybridized carbons (Fsp3) is 0.364. The number of anilines is 3. The highest BCUT2D eigenvalue weighted by molar-refractivity contribution is 5.90. The number of nitriles is 2. The number of rotatable bonds is 1. The minimum atomic E-state index is 0.0601. The molecule has 2 aromatic rings. The maximum atomic E-state index is 9.66. The minimum Gasteiger partial charge on any atom is -0.351 e. The maximum Gasteiger partial charge on any atom is 0.103 e. The molecule has 0 aromatic heterocycles. The molecule has 0 saturated carbocycles. The van der Waals surface area contributed by atoms with E-state index in [9.17, 15) is 10.5 Å². The lowest BCUT2D eigenvalue weighted by molar-refractivity contribution is 0.729.